The Bertz CT molecular complexity index is 890. The van der Waals surface area contributed by atoms with Gasteiger partial charge in [-0.05, 0) is 56.2 Å². The van der Waals surface area contributed by atoms with Gasteiger partial charge in [0.05, 0.1) is 12.0 Å². The summed E-state index contributed by atoms with van der Waals surface area (Å²) in [7, 11) is 0. The first-order valence-electron chi connectivity index (χ1n) is 11.2. The first kappa shape index (κ1) is 21.5. The highest BCUT2D eigenvalue weighted by molar-refractivity contribution is 5.92. The lowest BCUT2D eigenvalue weighted by atomic mass is 9.79. The van der Waals surface area contributed by atoms with E-state index in [2.05, 4.69) is 29.4 Å². The summed E-state index contributed by atoms with van der Waals surface area (Å²) in [4.78, 5) is 31.1. The number of hydrogen-bond acceptors (Lipinski definition) is 4. The Labute approximate surface area is 184 Å². The molecule has 0 saturated carbocycles. The van der Waals surface area contributed by atoms with Crippen molar-refractivity contribution in [1.29, 1.82) is 0 Å². The van der Waals surface area contributed by atoms with E-state index < -0.39 is 0 Å². The van der Waals surface area contributed by atoms with Crippen molar-refractivity contribution in [2.45, 2.75) is 44.6 Å². The molecule has 6 heteroatoms. The average molecular weight is 422 g/mol. The van der Waals surface area contributed by atoms with Crippen LogP contribution in [0.15, 0.2) is 48.7 Å². The molecule has 6 nitrogen and oxygen atoms in total. The van der Waals surface area contributed by atoms with Gasteiger partial charge in [-0.3, -0.25) is 14.6 Å². The Morgan fingerprint density at radius 2 is 1.94 bits per heavy atom. The van der Waals surface area contributed by atoms with Gasteiger partial charge < -0.3 is 15.0 Å². The number of carbonyl (C=O) groups is 2. The molecule has 1 atom stereocenters. The van der Waals surface area contributed by atoms with Crippen LogP contribution in [-0.4, -0.2) is 53.5 Å². The minimum Gasteiger partial charge on any atom is -0.375 e. The fourth-order valence-electron chi connectivity index (χ4n) is 4.63. The summed E-state index contributed by atoms with van der Waals surface area (Å²) in [5.74, 6) is 0.447. The normalized spacial score (nSPS) is 20.4. The molecule has 0 aliphatic carbocycles. The monoisotopic (exact) mass is 421 g/mol. The van der Waals surface area contributed by atoms with Gasteiger partial charge in [-0.15, -0.1) is 0 Å². The molecule has 0 radical (unpaired) electrons. The fraction of sp³-hybridized carbons (Fsp3) is 0.480. The van der Waals surface area contributed by atoms with Crippen molar-refractivity contribution < 1.29 is 14.3 Å². The zero-order chi connectivity index (χ0) is 21.7. The number of hydrogen-bond donors (Lipinski definition) is 1. The van der Waals surface area contributed by atoms with E-state index in [9.17, 15) is 9.59 Å². The van der Waals surface area contributed by atoms with E-state index in [0.717, 1.165) is 44.3 Å². The van der Waals surface area contributed by atoms with Crippen molar-refractivity contribution in [1.82, 2.24) is 15.2 Å². The highest BCUT2D eigenvalue weighted by Crippen LogP contribution is 2.37. The molecule has 2 aromatic rings. The molecule has 2 fully saturated rings. The quantitative estimate of drug-likeness (QED) is 0.805. The van der Waals surface area contributed by atoms with Crippen molar-refractivity contribution in [2.75, 3.05) is 26.2 Å². The molecule has 1 aromatic carbocycles. The Kier molecular flexibility index (Phi) is 6.66. The molecule has 4 rings (SSSR count). The molecule has 3 heterocycles. The standard InChI is InChI=1S/C25H31N3O3/c1-19-5-7-20(8-6-19)16-23(29)28-13-10-25(11-14-28)17-21(9-15-31-25)18-27-24(30)22-4-2-3-12-26-22/h2-8,12,21H,9-11,13-18H2,1H3,(H,27,30). The SMILES string of the molecule is Cc1ccc(CC(=O)N2CCC3(CC2)CC(CNC(=O)c2ccccn2)CCO3)cc1. The van der Waals surface area contributed by atoms with Crippen LogP contribution in [0, 0.1) is 12.8 Å². The molecule has 31 heavy (non-hydrogen) atoms. The summed E-state index contributed by atoms with van der Waals surface area (Å²) in [5.41, 5.74) is 2.55. The van der Waals surface area contributed by atoms with Crippen LogP contribution in [-0.2, 0) is 16.0 Å². The lowest BCUT2D eigenvalue weighted by Gasteiger charge is -2.46. The third kappa shape index (κ3) is 5.50. The van der Waals surface area contributed by atoms with Crippen molar-refractivity contribution in [3.8, 4) is 0 Å². The molecular formula is C25H31N3O3. The molecule has 2 amide bonds. The number of nitrogens with one attached hydrogen (secondary N) is 1. The Morgan fingerprint density at radius 3 is 2.65 bits per heavy atom. The van der Waals surface area contributed by atoms with E-state index in [1.165, 1.54) is 5.56 Å². The van der Waals surface area contributed by atoms with E-state index in [4.69, 9.17) is 4.74 Å². The molecule has 1 spiro atoms. The van der Waals surface area contributed by atoms with Crippen LogP contribution in [0.4, 0.5) is 0 Å². The number of ether oxygens (including phenoxy) is 1. The Hall–Kier alpha value is -2.73. The fourth-order valence-corrected chi connectivity index (χ4v) is 4.63. The summed E-state index contributed by atoms with van der Waals surface area (Å²) in [5, 5.41) is 3.03. The van der Waals surface area contributed by atoms with Crippen molar-refractivity contribution >= 4 is 11.8 Å². The second kappa shape index (κ2) is 9.60. The molecule has 1 aromatic heterocycles. The second-order valence-electron chi connectivity index (χ2n) is 8.86. The zero-order valence-corrected chi connectivity index (χ0v) is 18.2. The van der Waals surface area contributed by atoms with Crippen LogP contribution in [0.3, 0.4) is 0 Å². The van der Waals surface area contributed by atoms with Gasteiger partial charge in [-0.1, -0.05) is 35.9 Å². The average Bonchev–Trinajstić information content (AvgIpc) is 2.80. The van der Waals surface area contributed by atoms with Crippen LogP contribution in [0.2, 0.25) is 0 Å². The predicted octanol–water partition coefficient (Wildman–Crippen LogP) is 3.15. The summed E-state index contributed by atoms with van der Waals surface area (Å²) >= 11 is 0. The maximum atomic E-state index is 12.7. The molecule has 2 saturated heterocycles. The Morgan fingerprint density at radius 1 is 1.16 bits per heavy atom. The summed E-state index contributed by atoms with van der Waals surface area (Å²) < 4.78 is 6.22. The smallest absolute Gasteiger partial charge is 0.269 e. The van der Waals surface area contributed by atoms with Crippen molar-refractivity contribution in [2.24, 2.45) is 5.92 Å². The number of likely N-dealkylation sites (tertiary alicyclic amines) is 1. The molecule has 1 N–H and O–H groups in total. The number of aromatic nitrogens is 1. The molecule has 0 bridgehead atoms. The first-order valence-corrected chi connectivity index (χ1v) is 11.2. The van der Waals surface area contributed by atoms with E-state index >= 15 is 0 Å². The highest BCUT2D eigenvalue weighted by Gasteiger charge is 2.41. The number of rotatable bonds is 5. The third-order valence-corrected chi connectivity index (χ3v) is 6.55. The topological polar surface area (TPSA) is 71.5 Å². The number of pyridine rings is 1. The third-order valence-electron chi connectivity index (χ3n) is 6.55. The van der Waals surface area contributed by atoms with Gasteiger partial charge in [0.25, 0.3) is 5.91 Å². The molecule has 2 aliphatic rings. The highest BCUT2D eigenvalue weighted by atomic mass is 16.5. The summed E-state index contributed by atoms with van der Waals surface area (Å²) in [6, 6.07) is 13.5. The van der Waals surface area contributed by atoms with Gasteiger partial charge in [0.1, 0.15) is 5.69 Å². The second-order valence-corrected chi connectivity index (χ2v) is 8.86. The number of nitrogens with zero attached hydrogens (tertiary/aromatic N) is 2. The van der Waals surface area contributed by atoms with E-state index in [-0.39, 0.29) is 17.4 Å². The van der Waals surface area contributed by atoms with Crippen LogP contribution in [0.5, 0.6) is 0 Å². The lowest BCUT2D eigenvalue weighted by Crippen LogP contribution is -2.52. The van der Waals surface area contributed by atoms with E-state index in [1.807, 2.05) is 23.1 Å². The van der Waals surface area contributed by atoms with E-state index in [0.29, 0.717) is 31.2 Å². The number of piperidine rings is 1. The van der Waals surface area contributed by atoms with Crippen molar-refractivity contribution in [3.05, 3.63) is 65.5 Å². The van der Waals surface area contributed by atoms with Crippen LogP contribution < -0.4 is 5.32 Å². The van der Waals surface area contributed by atoms with Crippen molar-refractivity contribution in [3.63, 3.8) is 0 Å². The summed E-state index contributed by atoms with van der Waals surface area (Å²) in [6.07, 6.45) is 5.67. The van der Waals surface area contributed by atoms with E-state index in [1.54, 1.807) is 18.3 Å². The van der Waals surface area contributed by atoms with Crippen LogP contribution in [0.25, 0.3) is 0 Å². The predicted molar refractivity (Wildman–Crippen MR) is 119 cm³/mol. The minimum atomic E-state index is -0.167. The van der Waals surface area contributed by atoms with Gasteiger partial charge in [0, 0.05) is 32.4 Å². The zero-order valence-electron chi connectivity index (χ0n) is 18.2. The minimum absolute atomic E-state index is 0.127. The van der Waals surface area contributed by atoms with Gasteiger partial charge in [-0.2, -0.15) is 0 Å². The maximum Gasteiger partial charge on any atom is 0.269 e. The van der Waals surface area contributed by atoms with Crippen LogP contribution in [0.1, 0.15) is 47.3 Å². The van der Waals surface area contributed by atoms with Crippen LogP contribution >= 0.6 is 0 Å². The number of amides is 2. The molecular weight excluding hydrogens is 390 g/mol. The number of benzene rings is 1. The largest absolute Gasteiger partial charge is 0.375 e. The molecule has 2 aliphatic heterocycles. The Balaban J connectivity index is 1.26. The number of carbonyl (C=O) groups excluding carboxylic acids is 2. The number of aryl methyl sites for hydroxylation is 1. The summed E-state index contributed by atoms with van der Waals surface area (Å²) in [6.45, 7) is 4.87. The first-order chi connectivity index (χ1) is 15.0. The molecule has 164 valence electrons. The van der Waals surface area contributed by atoms with Gasteiger partial charge in [-0.25, -0.2) is 0 Å². The van der Waals surface area contributed by atoms with Gasteiger partial charge in [0.2, 0.25) is 5.91 Å². The van der Waals surface area contributed by atoms with Gasteiger partial charge in [0.15, 0.2) is 0 Å². The van der Waals surface area contributed by atoms with Gasteiger partial charge >= 0.3 is 0 Å². The lowest BCUT2D eigenvalue weighted by molar-refractivity contribution is -0.146. The molecule has 1 unspecified atom stereocenters. The maximum absolute atomic E-state index is 12.7.